The van der Waals surface area contributed by atoms with E-state index in [2.05, 4.69) is 16.7 Å². The molecule has 6 heteroatoms. The predicted molar refractivity (Wildman–Crippen MR) is 53.4 cm³/mol. The van der Waals surface area contributed by atoms with Crippen LogP contribution in [0.5, 0.6) is 0 Å². The number of carbonyl (C=O) groups is 1. The lowest BCUT2D eigenvalue weighted by Crippen LogP contribution is -2.49. The third-order valence-corrected chi connectivity index (χ3v) is 2.27. The van der Waals surface area contributed by atoms with E-state index in [1.54, 1.807) is 0 Å². The molecular weight excluding hydrogens is 206 g/mol. The molecule has 2 atom stereocenters. The topological polar surface area (TPSA) is 85.2 Å². The average Bonchev–Trinajstić information content (AvgIpc) is 2.08. The molecule has 1 saturated heterocycles. The van der Waals surface area contributed by atoms with Crippen molar-refractivity contribution in [3.63, 3.8) is 0 Å². The second-order valence-corrected chi connectivity index (χ2v) is 3.17. The first-order valence-electron chi connectivity index (χ1n) is 4.31. The number of carboxylic acid groups (broad SMARTS) is 1. The van der Waals surface area contributed by atoms with Crippen molar-refractivity contribution >= 4 is 18.5 Å². The molecule has 3 N–H and O–H groups in total. The Hall–Kier alpha value is -0.990. The average molecular weight is 220 g/mol. The van der Waals surface area contributed by atoms with Crippen molar-refractivity contribution in [3.05, 3.63) is 0 Å². The monoisotopic (exact) mass is 219 g/mol. The molecule has 0 aliphatic carbocycles. The van der Waals surface area contributed by atoms with Gasteiger partial charge in [-0.3, -0.25) is 0 Å². The summed E-state index contributed by atoms with van der Waals surface area (Å²) in [6.07, 6.45) is 0.159. The third-order valence-electron chi connectivity index (χ3n) is 2.27. The van der Waals surface area contributed by atoms with Crippen molar-refractivity contribution < 1.29 is 9.90 Å². The number of piperidine rings is 1. The lowest BCUT2D eigenvalue weighted by atomic mass is 9.91. The summed E-state index contributed by atoms with van der Waals surface area (Å²) in [4.78, 5) is 10.4. The highest BCUT2D eigenvalue weighted by molar-refractivity contribution is 5.85. The van der Waals surface area contributed by atoms with Gasteiger partial charge in [-0.1, -0.05) is 0 Å². The molecule has 1 amide bonds. The minimum absolute atomic E-state index is 0. The van der Waals surface area contributed by atoms with Gasteiger partial charge in [0.25, 0.3) is 0 Å². The smallest absolute Gasteiger partial charge is 0.404 e. The second kappa shape index (κ2) is 6.46. The van der Waals surface area contributed by atoms with Crippen LogP contribution in [0.4, 0.5) is 4.79 Å². The zero-order chi connectivity index (χ0) is 9.68. The third kappa shape index (κ3) is 3.81. The quantitative estimate of drug-likeness (QED) is 0.634. The highest BCUT2D eigenvalue weighted by Crippen LogP contribution is 2.14. The Balaban J connectivity index is 0.00000169. The summed E-state index contributed by atoms with van der Waals surface area (Å²) in [5.74, 6) is 0.106. The van der Waals surface area contributed by atoms with Gasteiger partial charge in [0, 0.05) is 24.9 Å². The number of nitrogens with one attached hydrogen (secondary N) is 2. The van der Waals surface area contributed by atoms with E-state index >= 15 is 0 Å². The summed E-state index contributed by atoms with van der Waals surface area (Å²) < 4.78 is 0. The van der Waals surface area contributed by atoms with Gasteiger partial charge in [-0.25, -0.2) is 4.79 Å². The SMILES string of the molecule is Cl.N#CC[C@H]1CNCC[C@@H]1NC(=O)O. The first kappa shape index (κ1) is 13.0. The Bertz CT molecular complexity index is 229. The van der Waals surface area contributed by atoms with Gasteiger partial charge in [-0.15, -0.1) is 12.4 Å². The van der Waals surface area contributed by atoms with Gasteiger partial charge in [-0.05, 0) is 13.0 Å². The molecule has 0 bridgehead atoms. The Labute approximate surface area is 88.9 Å². The van der Waals surface area contributed by atoms with Crippen LogP contribution in [-0.4, -0.2) is 30.3 Å². The largest absolute Gasteiger partial charge is 0.465 e. The molecule has 80 valence electrons. The van der Waals surface area contributed by atoms with Gasteiger partial charge in [0.05, 0.1) is 6.07 Å². The van der Waals surface area contributed by atoms with Gasteiger partial charge < -0.3 is 15.7 Å². The lowest BCUT2D eigenvalue weighted by molar-refractivity contribution is 0.178. The normalized spacial score (nSPS) is 25.6. The van der Waals surface area contributed by atoms with E-state index in [-0.39, 0.29) is 24.4 Å². The number of nitriles is 1. The van der Waals surface area contributed by atoms with Crippen molar-refractivity contribution in [1.29, 1.82) is 5.26 Å². The maximum atomic E-state index is 10.4. The molecule has 0 aromatic rings. The molecule has 0 aromatic carbocycles. The fraction of sp³-hybridized carbons (Fsp3) is 0.750. The number of nitrogens with zero attached hydrogens (tertiary/aromatic N) is 1. The molecule has 1 aliphatic heterocycles. The van der Waals surface area contributed by atoms with Crippen molar-refractivity contribution in [2.75, 3.05) is 13.1 Å². The molecule has 1 aliphatic rings. The fourth-order valence-corrected chi connectivity index (χ4v) is 1.60. The van der Waals surface area contributed by atoms with Crippen LogP contribution in [0.25, 0.3) is 0 Å². The second-order valence-electron chi connectivity index (χ2n) is 3.17. The molecule has 1 fully saturated rings. The lowest BCUT2D eigenvalue weighted by Gasteiger charge is -2.30. The van der Waals surface area contributed by atoms with Gasteiger partial charge in [0.1, 0.15) is 0 Å². The molecule has 0 radical (unpaired) electrons. The molecule has 5 nitrogen and oxygen atoms in total. The van der Waals surface area contributed by atoms with Crippen LogP contribution >= 0.6 is 12.4 Å². The van der Waals surface area contributed by atoms with Crippen molar-refractivity contribution in [1.82, 2.24) is 10.6 Å². The Morgan fingerprint density at radius 3 is 3.00 bits per heavy atom. The van der Waals surface area contributed by atoms with Crippen molar-refractivity contribution in [2.45, 2.75) is 18.9 Å². The number of hydrogen-bond donors (Lipinski definition) is 3. The Morgan fingerprint density at radius 2 is 2.43 bits per heavy atom. The first-order valence-corrected chi connectivity index (χ1v) is 4.31. The van der Waals surface area contributed by atoms with Crippen LogP contribution in [0.2, 0.25) is 0 Å². The van der Waals surface area contributed by atoms with E-state index in [1.165, 1.54) is 0 Å². The Kier molecular flexibility index (Phi) is 6.00. The summed E-state index contributed by atoms with van der Waals surface area (Å²) in [6.45, 7) is 1.53. The first-order chi connectivity index (χ1) is 6.24. The van der Waals surface area contributed by atoms with E-state index in [0.717, 1.165) is 19.5 Å². The van der Waals surface area contributed by atoms with E-state index in [9.17, 15) is 4.79 Å². The van der Waals surface area contributed by atoms with E-state index in [1.807, 2.05) is 0 Å². The maximum absolute atomic E-state index is 10.4. The summed E-state index contributed by atoms with van der Waals surface area (Å²) in [5, 5.41) is 22.6. The van der Waals surface area contributed by atoms with Crippen LogP contribution in [0.3, 0.4) is 0 Å². The van der Waals surface area contributed by atoms with Crippen molar-refractivity contribution in [2.24, 2.45) is 5.92 Å². The van der Waals surface area contributed by atoms with E-state index in [4.69, 9.17) is 10.4 Å². The van der Waals surface area contributed by atoms with Gasteiger partial charge in [0.15, 0.2) is 0 Å². The Morgan fingerprint density at radius 1 is 1.71 bits per heavy atom. The van der Waals surface area contributed by atoms with Crippen LogP contribution in [0.1, 0.15) is 12.8 Å². The number of amides is 1. The number of halogens is 1. The zero-order valence-electron chi connectivity index (χ0n) is 7.69. The van der Waals surface area contributed by atoms with Gasteiger partial charge >= 0.3 is 6.09 Å². The van der Waals surface area contributed by atoms with E-state index in [0.29, 0.717) is 6.42 Å². The predicted octanol–water partition coefficient (Wildman–Crippen LogP) is 0.568. The zero-order valence-corrected chi connectivity index (χ0v) is 8.51. The summed E-state index contributed by atoms with van der Waals surface area (Å²) in [6, 6.07) is 2.00. The minimum Gasteiger partial charge on any atom is -0.465 e. The van der Waals surface area contributed by atoms with Gasteiger partial charge in [0.2, 0.25) is 0 Å². The van der Waals surface area contributed by atoms with E-state index < -0.39 is 6.09 Å². The highest BCUT2D eigenvalue weighted by atomic mass is 35.5. The molecule has 0 aromatic heterocycles. The van der Waals surface area contributed by atoms with Crippen LogP contribution in [0, 0.1) is 17.2 Å². The molecule has 1 rings (SSSR count). The molecular formula is C8H14ClN3O2. The van der Waals surface area contributed by atoms with Crippen LogP contribution in [0.15, 0.2) is 0 Å². The number of hydrogen-bond acceptors (Lipinski definition) is 3. The van der Waals surface area contributed by atoms with Gasteiger partial charge in [-0.2, -0.15) is 5.26 Å². The minimum atomic E-state index is -1.00. The summed E-state index contributed by atoms with van der Waals surface area (Å²) in [5.41, 5.74) is 0. The summed E-state index contributed by atoms with van der Waals surface area (Å²) >= 11 is 0. The summed E-state index contributed by atoms with van der Waals surface area (Å²) in [7, 11) is 0. The molecule has 0 saturated carbocycles. The van der Waals surface area contributed by atoms with Crippen LogP contribution in [-0.2, 0) is 0 Å². The highest BCUT2D eigenvalue weighted by Gasteiger charge is 2.25. The molecule has 1 heterocycles. The van der Waals surface area contributed by atoms with Crippen molar-refractivity contribution in [3.8, 4) is 6.07 Å². The molecule has 0 spiro atoms. The fourth-order valence-electron chi connectivity index (χ4n) is 1.60. The number of rotatable bonds is 2. The molecule has 14 heavy (non-hydrogen) atoms. The maximum Gasteiger partial charge on any atom is 0.404 e. The molecule has 0 unspecified atom stereocenters. The standard InChI is InChI=1S/C8H13N3O2.ClH/c9-3-1-6-5-10-4-2-7(6)11-8(12)13;/h6-7,10-11H,1-2,4-5H2,(H,12,13);1H/t6-,7-;/m0./s1. The van der Waals surface area contributed by atoms with Crippen LogP contribution < -0.4 is 10.6 Å².